The van der Waals surface area contributed by atoms with Crippen LogP contribution in [-0.2, 0) is 0 Å². The summed E-state index contributed by atoms with van der Waals surface area (Å²) >= 11 is 0. The summed E-state index contributed by atoms with van der Waals surface area (Å²) in [4.78, 5) is 11.9. The van der Waals surface area contributed by atoms with Crippen LogP contribution in [-0.4, -0.2) is 24.1 Å². The van der Waals surface area contributed by atoms with E-state index in [-0.39, 0.29) is 5.78 Å². The maximum atomic E-state index is 11.9. The highest BCUT2D eigenvalue weighted by Crippen LogP contribution is 2.27. The number of aryl methyl sites for hydroxylation is 1. The number of ketones is 1. The van der Waals surface area contributed by atoms with Gasteiger partial charge in [-0.3, -0.25) is 4.79 Å². The zero-order valence-corrected chi connectivity index (χ0v) is 10.2. The third kappa shape index (κ3) is 2.25. The van der Waals surface area contributed by atoms with Gasteiger partial charge in [0.15, 0.2) is 5.78 Å². The summed E-state index contributed by atoms with van der Waals surface area (Å²) in [7, 11) is 1.54. The number of rotatable bonds is 4. The van der Waals surface area contributed by atoms with E-state index in [9.17, 15) is 9.90 Å². The summed E-state index contributed by atoms with van der Waals surface area (Å²) in [6, 6.07) is 3.58. The molecule has 0 aliphatic carbocycles. The third-order valence-corrected chi connectivity index (χ3v) is 2.84. The van der Waals surface area contributed by atoms with Gasteiger partial charge in [0.2, 0.25) is 0 Å². The van der Waals surface area contributed by atoms with Crippen LogP contribution in [0.5, 0.6) is 5.75 Å². The average Bonchev–Trinajstić information content (AvgIpc) is 2.30. The molecule has 1 rings (SSSR count). The van der Waals surface area contributed by atoms with E-state index < -0.39 is 6.10 Å². The first-order valence-electron chi connectivity index (χ1n) is 5.39. The SMILES string of the molecule is CCC(O)C(=O)c1ccc(C)c(C)c1OC. The maximum absolute atomic E-state index is 11.9. The fraction of sp³-hybridized carbons (Fsp3) is 0.462. The van der Waals surface area contributed by atoms with E-state index in [0.717, 1.165) is 11.1 Å². The zero-order chi connectivity index (χ0) is 12.3. The topological polar surface area (TPSA) is 46.5 Å². The zero-order valence-electron chi connectivity index (χ0n) is 10.2. The van der Waals surface area contributed by atoms with Crippen molar-refractivity contribution in [3.63, 3.8) is 0 Å². The van der Waals surface area contributed by atoms with Crippen molar-refractivity contribution in [3.8, 4) is 5.75 Å². The second-order valence-electron chi connectivity index (χ2n) is 3.88. The van der Waals surface area contributed by atoms with E-state index in [1.165, 1.54) is 7.11 Å². The second kappa shape index (κ2) is 5.12. The van der Waals surface area contributed by atoms with Gasteiger partial charge >= 0.3 is 0 Å². The smallest absolute Gasteiger partial charge is 0.194 e. The van der Waals surface area contributed by atoms with Crippen LogP contribution in [0, 0.1) is 13.8 Å². The molecule has 16 heavy (non-hydrogen) atoms. The number of aliphatic hydroxyl groups is 1. The van der Waals surface area contributed by atoms with Gasteiger partial charge in [-0.25, -0.2) is 0 Å². The highest BCUT2D eigenvalue weighted by molar-refractivity contribution is 6.02. The molecular weight excluding hydrogens is 204 g/mol. The molecule has 0 spiro atoms. The summed E-state index contributed by atoms with van der Waals surface area (Å²) in [6.07, 6.45) is -0.537. The van der Waals surface area contributed by atoms with E-state index in [0.29, 0.717) is 17.7 Å². The molecule has 0 aliphatic heterocycles. The molecule has 0 amide bonds. The van der Waals surface area contributed by atoms with Crippen LogP contribution in [0.4, 0.5) is 0 Å². The molecule has 88 valence electrons. The molecule has 1 N–H and O–H groups in total. The lowest BCUT2D eigenvalue weighted by Crippen LogP contribution is -2.20. The van der Waals surface area contributed by atoms with Crippen LogP contribution in [0.2, 0.25) is 0 Å². The molecule has 0 fully saturated rings. The fourth-order valence-corrected chi connectivity index (χ4v) is 1.61. The Bertz CT molecular complexity index is 396. The first kappa shape index (κ1) is 12.7. The number of carbonyl (C=O) groups is 1. The van der Waals surface area contributed by atoms with Crippen LogP contribution >= 0.6 is 0 Å². The van der Waals surface area contributed by atoms with E-state index in [1.54, 1.807) is 13.0 Å². The minimum Gasteiger partial charge on any atom is -0.496 e. The van der Waals surface area contributed by atoms with Gasteiger partial charge in [0, 0.05) is 0 Å². The Morgan fingerprint density at radius 3 is 2.56 bits per heavy atom. The van der Waals surface area contributed by atoms with Crippen molar-refractivity contribution in [1.29, 1.82) is 0 Å². The molecule has 1 aromatic rings. The van der Waals surface area contributed by atoms with Crippen molar-refractivity contribution in [2.45, 2.75) is 33.3 Å². The van der Waals surface area contributed by atoms with Crippen LogP contribution in [0.15, 0.2) is 12.1 Å². The number of Topliss-reactive ketones (excluding diaryl/α,β-unsaturated/α-hetero) is 1. The Morgan fingerprint density at radius 2 is 2.06 bits per heavy atom. The first-order chi connectivity index (χ1) is 7.52. The van der Waals surface area contributed by atoms with Crippen molar-refractivity contribution in [1.82, 2.24) is 0 Å². The molecule has 0 saturated heterocycles. The third-order valence-electron chi connectivity index (χ3n) is 2.84. The summed E-state index contributed by atoms with van der Waals surface area (Å²) in [5.41, 5.74) is 2.47. The molecule has 0 heterocycles. The first-order valence-corrected chi connectivity index (χ1v) is 5.39. The van der Waals surface area contributed by atoms with Gasteiger partial charge in [0.1, 0.15) is 11.9 Å². The Balaban J connectivity index is 3.24. The van der Waals surface area contributed by atoms with Crippen LogP contribution in [0.1, 0.15) is 34.8 Å². The Kier molecular flexibility index (Phi) is 4.07. The van der Waals surface area contributed by atoms with Crippen molar-refractivity contribution in [2.75, 3.05) is 7.11 Å². The number of ether oxygens (including phenoxy) is 1. The quantitative estimate of drug-likeness (QED) is 0.795. The lowest BCUT2D eigenvalue weighted by molar-refractivity contribution is 0.0737. The highest BCUT2D eigenvalue weighted by Gasteiger charge is 2.20. The summed E-state index contributed by atoms with van der Waals surface area (Å²) < 4.78 is 5.24. The van der Waals surface area contributed by atoms with Crippen molar-refractivity contribution >= 4 is 5.78 Å². The molecular formula is C13H18O3. The number of hydrogen-bond donors (Lipinski definition) is 1. The van der Waals surface area contributed by atoms with E-state index in [4.69, 9.17) is 4.74 Å². The minimum absolute atomic E-state index is 0.276. The second-order valence-corrected chi connectivity index (χ2v) is 3.88. The summed E-state index contributed by atoms with van der Waals surface area (Å²) in [5, 5.41) is 9.55. The van der Waals surface area contributed by atoms with E-state index >= 15 is 0 Å². The van der Waals surface area contributed by atoms with Crippen LogP contribution in [0.3, 0.4) is 0 Å². The number of aliphatic hydroxyl groups excluding tert-OH is 1. The van der Waals surface area contributed by atoms with Crippen molar-refractivity contribution in [3.05, 3.63) is 28.8 Å². The van der Waals surface area contributed by atoms with Gasteiger partial charge in [0.05, 0.1) is 12.7 Å². The molecule has 0 saturated carbocycles. The molecule has 1 aromatic carbocycles. The van der Waals surface area contributed by atoms with Crippen molar-refractivity contribution < 1.29 is 14.6 Å². The summed E-state index contributed by atoms with van der Waals surface area (Å²) in [6.45, 7) is 5.64. The monoisotopic (exact) mass is 222 g/mol. The summed E-state index contributed by atoms with van der Waals surface area (Å²) in [5.74, 6) is 0.292. The number of methoxy groups -OCH3 is 1. The number of benzene rings is 1. The lowest BCUT2D eigenvalue weighted by Gasteiger charge is -2.14. The minimum atomic E-state index is -0.948. The van der Waals surface area contributed by atoms with Gasteiger partial charge in [-0.15, -0.1) is 0 Å². The molecule has 0 bridgehead atoms. The normalized spacial score (nSPS) is 12.3. The van der Waals surface area contributed by atoms with E-state index in [2.05, 4.69) is 0 Å². The predicted molar refractivity (Wildman–Crippen MR) is 63.1 cm³/mol. The van der Waals surface area contributed by atoms with Gasteiger partial charge in [-0.1, -0.05) is 13.0 Å². The molecule has 0 aliphatic rings. The Hall–Kier alpha value is -1.35. The molecule has 1 unspecified atom stereocenters. The molecule has 3 nitrogen and oxygen atoms in total. The van der Waals surface area contributed by atoms with Crippen LogP contribution in [0.25, 0.3) is 0 Å². The van der Waals surface area contributed by atoms with Gasteiger partial charge in [-0.05, 0) is 37.5 Å². The highest BCUT2D eigenvalue weighted by atomic mass is 16.5. The maximum Gasteiger partial charge on any atom is 0.194 e. The average molecular weight is 222 g/mol. The Labute approximate surface area is 96.1 Å². The standard InChI is InChI=1S/C13H18O3/c1-5-11(14)12(15)10-7-6-8(2)9(3)13(10)16-4/h6-7,11,14H,5H2,1-4H3. The molecule has 3 heteroatoms. The number of hydrogen-bond acceptors (Lipinski definition) is 3. The van der Waals surface area contributed by atoms with Gasteiger partial charge < -0.3 is 9.84 Å². The molecule has 0 aromatic heterocycles. The molecule has 0 radical (unpaired) electrons. The fourth-order valence-electron chi connectivity index (χ4n) is 1.61. The molecule has 1 atom stereocenters. The van der Waals surface area contributed by atoms with E-state index in [1.807, 2.05) is 19.9 Å². The Morgan fingerprint density at radius 1 is 1.44 bits per heavy atom. The lowest BCUT2D eigenvalue weighted by atomic mass is 9.98. The predicted octanol–water partition coefficient (Wildman–Crippen LogP) is 2.27. The van der Waals surface area contributed by atoms with Gasteiger partial charge in [0.25, 0.3) is 0 Å². The van der Waals surface area contributed by atoms with Crippen LogP contribution < -0.4 is 4.74 Å². The number of carbonyl (C=O) groups excluding carboxylic acids is 1. The van der Waals surface area contributed by atoms with Crippen molar-refractivity contribution in [2.24, 2.45) is 0 Å². The largest absolute Gasteiger partial charge is 0.496 e. The van der Waals surface area contributed by atoms with Gasteiger partial charge in [-0.2, -0.15) is 0 Å².